The number of aromatic nitrogens is 4. The number of nitrogen functional groups attached to an aromatic ring is 1. The summed E-state index contributed by atoms with van der Waals surface area (Å²) in [5.41, 5.74) is 13.6. The minimum atomic E-state index is -1.41. The first kappa shape index (κ1) is 72.6. The van der Waals surface area contributed by atoms with E-state index in [-0.39, 0.29) is 55.2 Å². The van der Waals surface area contributed by atoms with Crippen molar-refractivity contribution in [2.24, 2.45) is 0 Å². The molecule has 4 amide bonds. The largest absolute Gasteiger partial charge is 0.490 e. The molecule has 0 radical (unpaired) electrons. The van der Waals surface area contributed by atoms with Gasteiger partial charge in [0, 0.05) is 98.2 Å². The fraction of sp³-hybridized carbons (Fsp3) is 0.392. The number of nitrogens with two attached hydrogens (primary N) is 1. The van der Waals surface area contributed by atoms with Crippen molar-refractivity contribution in [2.75, 3.05) is 176 Å². The fourth-order valence-corrected chi connectivity index (χ4v) is 12.3. The lowest BCUT2D eigenvalue weighted by molar-refractivity contribution is -0.139. The SMILES string of the molecule is COCCOc1cc(CCNc2ccc3c4c(cccc24)C(=O)N(CCNC(=O)CCC(NC(=O)c2ccc(NCc4cnc5nc(N)[nH]c(=O)c5n4)cc2)C(=O)O)C3=O)ccc1N1CCOc2cc(C)ccc2N2CCOCCOCCN(CCOCCOCC2)c2ccc(C)cc2OCC1. The molecule has 4 aliphatic rings. The van der Waals surface area contributed by atoms with Gasteiger partial charge in [-0.2, -0.15) is 4.98 Å². The summed E-state index contributed by atoms with van der Waals surface area (Å²) in [5.74, 6) is -1.51. The molecule has 12 rings (SSSR count). The number of amides is 4. The Hall–Kier alpha value is -10.7. The molecule has 1 unspecified atom stereocenters. The van der Waals surface area contributed by atoms with Crippen molar-refractivity contribution in [3.8, 4) is 17.2 Å². The minimum Gasteiger partial charge on any atom is -0.490 e. The Bertz CT molecular complexity index is 4190. The first-order chi connectivity index (χ1) is 49.7. The molecule has 1 saturated heterocycles. The summed E-state index contributed by atoms with van der Waals surface area (Å²) in [6, 6.07) is 32.4. The molecule has 1 atom stereocenters. The zero-order valence-corrected chi connectivity index (χ0v) is 57.6. The molecule has 102 heavy (non-hydrogen) atoms. The summed E-state index contributed by atoms with van der Waals surface area (Å²) >= 11 is 0. The van der Waals surface area contributed by atoms with Crippen LogP contribution in [0.2, 0.25) is 0 Å². The number of H-pyrrole nitrogens is 1. The van der Waals surface area contributed by atoms with Crippen molar-refractivity contribution in [3.63, 3.8) is 0 Å². The van der Waals surface area contributed by atoms with Gasteiger partial charge in [0.25, 0.3) is 23.3 Å². The second kappa shape index (κ2) is 35.6. The number of aliphatic carboxylic acids is 1. The van der Waals surface area contributed by atoms with E-state index in [0.29, 0.717) is 171 Å². The van der Waals surface area contributed by atoms with Gasteiger partial charge in [-0.3, -0.25) is 33.9 Å². The van der Waals surface area contributed by atoms with Crippen LogP contribution in [0.5, 0.6) is 17.2 Å². The molecule has 538 valence electrons. The molecule has 28 heteroatoms. The van der Waals surface area contributed by atoms with Crippen LogP contribution < -0.4 is 61.5 Å². The van der Waals surface area contributed by atoms with Crippen LogP contribution >= 0.6 is 0 Å². The predicted octanol–water partition coefficient (Wildman–Crippen LogP) is 6.40. The Balaban J connectivity index is 0.719. The number of imide groups is 1. The van der Waals surface area contributed by atoms with Crippen LogP contribution in [0.15, 0.2) is 120 Å². The number of nitrogens with zero attached hydrogens (tertiary/aromatic N) is 7. The van der Waals surface area contributed by atoms with Gasteiger partial charge in [-0.25, -0.2) is 14.8 Å². The number of anilines is 6. The van der Waals surface area contributed by atoms with E-state index in [1.54, 1.807) is 37.4 Å². The molecular formula is C74H87N13O15. The lowest BCUT2D eigenvalue weighted by Gasteiger charge is -2.30. The quantitative estimate of drug-likeness (QED) is 0.0232. The van der Waals surface area contributed by atoms with Crippen molar-refractivity contribution in [1.29, 1.82) is 0 Å². The maximum Gasteiger partial charge on any atom is 0.326 e. The highest BCUT2D eigenvalue weighted by Crippen LogP contribution is 2.37. The molecule has 6 aromatic carbocycles. The van der Waals surface area contributed by atoms with Crippen LogP contribution in [-0.2, 0) is 46.2 Å². The van der Waals surface area contributed by atoms with E-state index in [4.69, 9.17) is 43.6 Å². The van der Waals surface area contributed by atoms with Crippen molar-refractivity contribution in [2.45, 2.75) is 45.7 Å². The number of carbonyl (C=O) groups is 5. The van der Waals surface area contributed by atoms with E-state index >= 15 is 0 Å². The van der Waals surface area contributed by atoms with E-state index in [1.165, 1.54) is 18.3 Å². The average Bonchev–Trinajstić information content (AvgIpc) is 0.742. The Morgan fingerprint density at radius 2 is 1.27 bits per heavy atom. The number of benzene rings is 6. The number of carbonyl (C=O) groups excluding carboxylic acids is 4. The summed E-state index contributed by atoms with van der Waals surface area (Å²) in [6.45, 7) is 13.0. The monoisotopic (exact) mass is 1400 g/mol. The lowest BCUT2D eigenvalue weighted by atomic mass is 9.93. The Morgan fingerprint density at radius 1 is 0.667 bits per heavy atom. The van der Waals surface area contributed by atoms with Crippen LogP contribution in [0.1, 0.15) is 66.3 Å². The highest BCUT2D eigenvalue weighted by molar-refractivity contribution is 6.26. The van der Waals surface area contributed by atoms with Crippen LogP contribution in [-0.4, -0.2) is 211 Å². The zero-order chi connectivity index (χ0) is 71.3. The second-order valence-corrected chi connectivity index (χ2v) is 24.7. The van der Waals surface area contributed by atoms with Crippen molar-refractivity contribution in [1.82, 2.24) is 35.5 Å². The number of aromatic amines is 1. The number of rotatable bonds is 21. The molecule has 4 aliphatic heterocycles. The Labute approximate surface area is 590 Å². The summed E-state index contributed by atoms with van der Waals surface area (Å²) in [4.78, 5) is 102. The number of hydrogen-bond donors (Lipinski definition) is 7. The third-order valence-corrected chi connectivity index (χ3v) is 17.6. The van der Waals surface area contributed by atoms with Crippen LogP contribution in [0.4, 0.5) is 34.4 Å². The molecule has 1 fully saturated rings. The van der Waals surface area contributed by atoms with Gasteiger partial charge in [-0.1, -0.05) is 30.3 Å². The fourth-order valence-electron chi connectivity index (χ4n) is 12.3. The summed E-state index contributed by atoms with van der Waals surface area (Å²) in [6.07, 6.45) is 1.51. The predicted molar refractivity (Wildman–Crippen MR) is 386 cm³/mol. The topological polar surface area (TPSA) is 338 Å². The molecule has 0 spiro atoms. The van der Waals surface area contributed by atoms with Gasteiger partial charge < -0.3 is 84.7 Å². The zero-order valence-electron chi connectivity index (χ0n) is 57.6. The molecule has 2 aromatic heterocycles. The third-order valence-electron chi connectivity index (χ3n) is 17.6. The number of carboxylic acid groups (broad SMARTS) is 1. The minimum absolute atomic E-state index is 0.0297. The van der Waals surface area contributed by atoms with Gasteiger partial charge in [0.1, 0.15) is 43.1 Å². The summed E-state index contributed by atoms with van der Waals surface area (Å²) in [7, 11) is 1.64. The molecular weight excluding hydrogens is 1310 g/mol. The second-order valence-electron chi connectivity index (χ2n) is 24.7. The number of fused-ring (bicyclic) bond motifs is 21. The first-order valence-electron chi connectivity index (χ1n) is 34.3. The number of carboxylic acids is 1. The average molecular weight is 1400 g/mol. The molecule has 8 N–H and O–H groups in total. The molecule has 2 bridgehead atoms. The van der Waals surface area contributed by atoms with Gasteiger partial charge in [-0.15, -0.1) is 0 Å². The Morgan fingerprint density at radius 3 is 1.90 bits per heavy atom. The third kappa shape index (κ3) is 19.0. The number of hydrogen-bond acceptors (Lipinski definition) is 23. The van der Waals surface area contributed by atoms with Gasteiger partial charge in [0.15, 0.2) is 11.2 Å². The van der Waals surface area contributed by atoms with Gasteiger partial charge in [0.05, 0.1) is 108 Å². The normalized spacial score (nSPS) is 15.5. The number of nitrogens with one attached hydrogen (secondary N) is 5. The van der Waals surface area contributed by atoms with Crippen molar-refractivity contribution >= 4 is 85.9 Å². The highest BCUT2D eigenvalue weighted by atomic mass is 16.5. The van der Waals surface area contributed by atoms with E-state index in [0.717, 1.165) is 55.8 Å². The maximum absolute atomic E-state index is 14.1. The maximum atomic E-state index is 14.1. The molecule has 6 heterocycles. The number of ether oxygens (including phenoxy) is 8. The van der Waals surface area contributed by atoms with Crippen molar-refractivity contribution < 1.29 is 67.0 Å². The van der Waals surface area contributed by atoms with E-state index in [9.17, 15) is 33.9 Å². The standard InChI is InChI=1S/C74H87N13O15/c1-48-7-17-59-62(43-48)100-35-29-86(30-36-101-63-44-49(2)8-18-60(63)85-27-33-98-40-38-96-31-25-84(59)26-32-97-39-41-99-34-28-85)61-19-9-50(45-64(61)102-42-37-95-3)21-22-76-57-15-14-56-66-54(57)5-4-6-55(66)71(91)87(72(56)92)24-23-77-65(88)20-16-58(73(93)94)81-69(89)51-10-12-52(13-11-51)78-46-53-47-79-68-67(80-53)70(90)83-74(75)82-68/h4-15,17-19,43-45,47,58,76,78H,16,20-42,46H2,1-3H3,(H,77,88)(H,81,89)(H,93,94)(H3,75,79,82,83,90). The van der Waals surface area contributed by atoms with E-state index < -0.39 is 41.2 Å². The van der Waals surface area contributed by atoms with Gasteiger partial charge in [0.2, 0.25) is 11.9 Å². The molecule has 8 aromatic rings. The van der Waals surface area contributed by atoms with E-state index in [2.05, 4.69) is 124 Å². The van der Waals surface area contributed by atoms with Crippen LogP contribution in [0.25, 0.3) is 21.9 Å². The summed E-state index contributed by atoms with van der Waals surface area (Å²) < 4.78 is 50.1. The smallest absolute Gasteiger partial charge is 0.326 e. The molecule has 0 aliphatic carbocycles. The number of aryl methyl sites for hydroxylation is 2. The van der Waals surface area contributed by atoms with Gasteiger partial charge >= 0.3 is 5.97 Å². The van der Waals surface area contributed by atoms with Crippen LogP contribution in [0, 0.1) is 13.8 Å². The highest BCUT2D eigenvalue weighted by Gasteiger charge is 2.34. The van der Waals surface area contributed by atoms with Crippen molar-refractivity contribution in [3.05, 3.63) is 165 Å². The molecule has 0 saturated carbocycles. The van der Waals surface area contributed by atoms with E-state index in [1.807, 2.05) is 12.1 Å². The number of methoxy groups -OCH3 is 1. The summed E-state index contributed by atoms with van der Waals surface area (Å²) in [5, 5.41) is 23.1. The molecule has 28 nitrogen and oxygen atoms in total. The lowest BCUT2D eigenvalue weighted by Crippen LogP contribution is -2.45. The first-order valence-corrected chi connectivity index (χ1v) is 34.3. The van der Waals surface area contributed by atoms with Gasteiger partial charge in [-0.05, 0) is 122 Å². The van der Waals surface area contributed by atoms with Crippen LogP contribution in [0.3, 0.4) is 0 Å². The Kier molecular flexibility index (Phi) is 25.3.